The minimum atomic E-state index is 0.608. The Hall–Kier alpha value is -0.120. The van der Waals surface area contributed by atoms with Gasteiger partial charge in [-0.1, -0.05) is 0 Å². The fraction of sp³-hybridized carbons (Fsp3) is 1.00. The van der Waals surface area contributed by atoms with Gasteiger partial charge in [0.25, 0.3) is 0 Å². The fourth-order valence-corrected chi connectivity index (χ4v) is 0.479. The molecule has 0 saturated carbocycles. The van der Waals surface area contributed by atoms with Crippen LogP contribution in [0.2, 0.25) is 0 Å². The molecule has 0 bridgehead atoms. The minimum absolute atomic E-state index is 0.608. The second-order valence-electron chi connectivity index (χ2n) is 1.85. The molecule has 0 spiro atoms. The first-order chi connectivity index (χ1) is 3.77. The lowest BCUT2D eigenvalue weighted by Crippen LogP contribution is -2.12. The van der Waals surface area contributed by atoms with Crippen LogP contribution in [0.4, 0.5) is 0 Å². The molecule has 0 heterocycles. The average molecular weight is 117 g/mol. The molecule has 0 aromatic heterocycles. The third-order valence-corrected chi connectivity index (χ3v) is 0.927. The molecule has 0 radical (unpaired) electrons. The summed E-state index contributed by atoms with van der Waals surface area (Å²) in [6, 6.07) is 0. The number of unbranched alkanes of at least 4 members (excludes halogenated alkanes) is 1. The van der Waals surface area contributed by atoms with E-state index in [0.717, 1.165) is 17.9 Å². The van der Waals surface area contributed by atoms with E-state index in [1.807, 2.05) is 0 Å². The van der Waals surface area contributed by atoms with Crippen molar-refractivity contribution >= 4 is 0 Å². The van der Waals surface area contributed by atoms with Crippen LogP contribution >= 0.6 is 0 Å². The molecule has 0 rings (SSSR count). The average Bonchev–Trinajstić information content (AvgIpc) is 1.66. The van der Waals surface area contributed by atoms with E-state index in [4.69, 9.17) is 5.73 Å². The fourth-order valence-electron chi connectivity index (χ4n) is 0.479. The number of hydrogen-bond acceptors (Lipinski definition) is 3. The SMILES string of the molecule is CN([O-])CCCCN. The number of rotatable bonds is 4. The Kier molecular flexibility index (Phi) is 4.95. The smallest absolute Gasteiger partial charge is 0.00768 e. The predicted molar refractivity (Wildman–Crippen MR) is 34.3 cm³/mol. The molecule has 2 N–H and O–H groups in total. The summed E-state index contributed by atoms with van der Waals surface area (Å²) in [6.07, 6.45) is 1.86. The number of hydrogen-bond donors (Lipinski definition) is 1. The van der Waals surface area contributed by atoms with Crippen molar-refractivity contribution in [1.29, 1.82) is 0 Å². The lowest BCUT2D eigenvalue weighted by molar-refractivity contribution is 0.440. The van der Waals surface area contributed by atoms with Crippen LogP contribution in [0.3, 0.4) is 0 Å². The van der Waals surface area contributed by atoms with Crippen LogP contribution in [-0.4, -0.2) is 25.2 Å². The van der Waals surface area contributed by atoms with Crippen LogP contribution < -0.4 is 5.73 Å². The Morgan fingerprint density at radius 1 is 1.50 bits per heavy atom. The topological polar surface area (TPSA) is 52.3 Å². The second kappa shape index (κ2) is 5.03. The quantitative estimate of drug-likeness (QED) is 0.421. The van der Waals surface area contributed by atoms with E-state index in [9.17, 15) is 5.21 Å². The van der Waals surface area contributed by atoms with Gasteiger partial charge in [0, 0.05) is 0 Å². The maximum atomic E-state index is 10.2. The molecule has 3 heteroatoms. The molecule has 0 saturated heterocycles. The summed E-state index contributed by atoms with van der Waals surface area (Å²) < 4.78 is 0. The summed E-state index contributed by atoms with van der Waals surface area (Å²) in [5, 5.41) is 11.1. The monoisotopic (exact) mass is 117 g/mol. The van der Waals surface area contributed by atoms with Gasteiger partial charge >= 0.3 is 0 Å². The first-order valence-electron chi connectivity index (χ1n) is 2.85. The Labute approximate surface area is 50.0 Å². The van der Waals surface area contributed by atoms with Gasteiger partial charge in [0.05, 0.1) is 0 Å². The third kappa shape index (κ3) is 5.88. The largest absolute Gasteiger partial charge is 0.785 e. The van der Waals surface area contributed by atoms with Gasteiger partial charge < -0.3 is 16.0 Å². The second-order valence-corrected chi connectivity index (χ2v) is 1.85. The predicted octanol–water partition coefficient (Wildman–Crippen LogP) is 0.155. The molecule has 0 aliphatic carbocycles. The molecular weight excluding hydrogens is 104 g/mol. The normalized spacial score (nSPS) is 10.5. The van der Waals surface area contributed by atoms with E-state index >= 15 is 0 Å². The van der Waals surface area contributed by atoms with Crippen molar-refractivity contribution < 1.29 is 0 Å². The molecule has 0 amide bonds. The molecule has 0 atom stereocenters. The van der Waals surface area contributed by atoms with Crippen LogP contribution in [-0.2, 0) is 0 Å². The zero-order chi connectivity index (χ0) is 6.41. The number of nitrogens with two attached hydrogens (primary N) is 1. The van der Waals surface area contributed by atoms with Gasteiger partial charge in [0.2, 0.25) is 0 Å². The van der Waals surface area contributed by atoms with Crippen molar-refractivity contribution in [2.45, 2.75) is 12.8 Å². The van der Waals surface area contributed by atoms with E-state index in [2.05, 4.69) is 0 Å². The Morgan fingerprint density at radius 3 is 2.50 bits per heavy atom. The number of nitrogens with zero attached hydrogens (tertiary/aromatic N) is 1. The number of hydroxylamine groups is 2. The maximum Gasteiger partial charge on any atom is -0.00768 e. The zero-order valence-electron chi connectivity index (χ0n) is 5.26. The standard InChI is InChI=1S/C5H13N2O/c1-7(8)5-3-2-4-6/h2-6H2,1H3/q-1. The van der Waals surface area contributed by atoms with Crippen LogP contribution in [0.1, 0.15) is 12.8 Å². The van der Waals surface area contributed by atoms with E-state index in [-0.39, 0.29) is 0 Å². The first-order valence-corrected chi connectivity index (χ1v) is 2.85. The Bertz CT molecular complexity index is 47.7. The molecule has 0 aromatic carbocycles. The molecular formula is C5H13N2O-. The molecule has 50 valence electrons. The molecule has 8 heavy (non-hydrogen) atoms. The lowest BCUT2D eigenvalue weighted by Gasteiger charge is -2.20. The van der Waals surface area contributed by atoms with Crippen LogP contribution in [0.25, 0.3) is 0 Å². The summed E-state index contributed by atoms with van der Waals surface area (Å²) in [5.74, 6) is 0. The van der Waals surface area contributed by atoms with E-state index < -0.39 is 0 Å². The molecule has 0 fully saturated rings. The van der Waals surface area contributed by atoms with Crippen molar-refractivity contribution in [1.82, 2.24) is 5.06 Å². The minimum Gasteiger partial charge on any atom is -0.785 e. The Balaban J connectivity index is 2.72. The Morgan fingerprint density at radius 2 is 2.12 bits per heavy atom. The molecule has 3 nitrogen and oxygen atoms in total. The summed E-state index contributed by atoms with van der Waals surface area (Å²) in [4.78, 5) is 0. The van der Waals surface area contributed by atoms with Gasteiger partial charge in [-0.15, -0.1) is 0 Å². The van der Waals surface area contributed by atoms with Gasteiger partial charge in [-0.25, -0.2) is 0 Å². The molecule has 0 aromatic rings. The van der Waals surface area contributed by atoms with Crippen molar-refractivity contribution in [2.75, 3.05) is 20.1 Å². The molecule has 0 aliphatic heterocycles. The first kappa shape index (κ1) is 7.88. The van der Waals surface area contributed by atoms with Crippen LogP contribution in [0.5, 0.6) is 0 Å². The summed E-state index contributed by atoms with van der Waals surface area (Å²) in [5.41, 5.74) is 5.19. The van der Waals surface area contributed by atoms with Crippen molar-refractivity contribution in [2.24, 2.45) is 5.73 Å². The van der Waals surface area contributed by atoms with Crippen LogP contribution in [0.15, 0.2) is 0 Å². The molecule has 0 aliphatic rings. The highest BCUT2D eigenvalue weighted by atomic mass is 16.5. The van der Waals surface area contributed by atoms with Crippen LogP contribution in [0, 0.1) is 5.21 Å². The van der Waals surface area contributed by atoms with Gasteiger partial charge in [-0.05, 0) is 33.0 Å². The van der Waals surface area contributed by atoms with Crippen molar-refractivity contribution in [3.05, 3.63) is 5.21 Å². The van der Waals surface area contributed by atoms with Gasteiger partial charge in [-0.2, -0.15) is 0 Å². The van der Waals surface area contributed by atoms with E-state index in [1.54, 1.807) is 0 Å². The highest BCUT2D eigenvalue weighted by Gasteiger charge is 1.82. The maximum absolute atomic E-state index is 10.2. The zero-order valence-corrected chi connectivity index (χ0v) is 5.26. The summed E-state index contributed by atoms with van der Waals surface area (Å²) >= 11 is 0. The molecule has 0 unspecified atom stereocenters. The summed E-state index contributed by atoms with van der Waals surface area (Å²) in [7, 11) is 1.52. The van der Waals surface area contributed by atoms with E-state index in [1.165, 1.54) is 7.05 Å². The highest BCUT2D eigenvalue weighted by Crippen LogP contribution is 1.87. The highest BCUT2D eigenvalue weighted by molar-refractivity contribution is 4.49. The van der Waals surface area contributed by atoms with Gasteiger partial charge in [-0.3, -0.25) is 0 Å². The third-order valence-electron chi connectivity index (χ3n) is 0.927. The summed E-state index contributed by atoms with van der Waals surface area (Å²) in [6.45, 7) is 1.30. The lowest BCUT2D eigenvalue weighted by atomic mass is 10.3. The van der Waals surface area contributed by atoms with Crippen molar-refractivity contribution in [3.63, 3.8) is 0 Å². The van der Waals surface area contributed by atoms with E-state index in [0.29, 0.717) is 13.1 Å². The van der Waals surface area contributed by atoms with Gasteiger partial charge in [0.1, 0.15) is 0 Å². The van der Waals surface area contributed by atoms with Crippen molar-refractivity contribution in [3.8, 4) is 0 Å². The van der Waals surface area contributed by atoms with Gasteiger partial charge in [0.15, 0.2) is 0 Å².